The molecule has 1 atom stereocenters. The highest BCUT2D eigenvalue weighted by atomic mass is 79.9. The highest BCUT2D eigenvalue weighted by molar-refractivity contribution is 9.10. The fourth-order valence-electron chi connectivity index (χ4n) is 1.42. The summed E-state index contributed by atoms with van der Waals surface area (Å²) in [6.45, 7) is 0.946. The maximum absolute atomic E-state index is 10.1. The molecular formula is C9H10BrNO2. The Morgan fingerprint density at radius 3 is 3.00 bits per heavy atom. The number of halogens is 1. The van der Waals surface area contributed by atoms with Gasteiger partial charge in [0.2, 0.25) is 0 Å². The quantitative estimate of drug-likeness (QED) is 0.760. The van der Waals surface area contributed by atoms with Gasteiger partial charge in [0.25, 0.3) is 0 Å². The molecule has 1 aliphatic heterocycles. The van der Waals surface area contributed by atoms with E-state index < -0.39 is 5.60 Å². The van der Waals surface area contributed by atoms with Gasteiger partial charge in [-0.2, -0.15) is 0 Å². The molecule has 1 unspecified atom stereocenters. The largest absolute Gasteiger partial charge is 0.381 e. The first-order valence-corrected chi connectivity index (χ1v) is 4.93. The van der Waals surface area contributed by atoms with Crippen LogP contribution in [0.25, 0.3) is 0 Å². The van der Waals surface area contributed by atoms with Crippen LogP contribution in [-0.4, -0.2) is 23.3 Å². The molecule has 1 aromatic heterocycles. The summed E-state index contributed by atoms with van der Waals surface area (Å²) in [5.41, 5.74) is -0.205. The predicted octanol–water partition coefficient (Wildman–Crippen LogP) is 1.45. The lowest BCUT2D eigenvalue weighted by Gasteiger charge is -2.19. The Bertz CT molecular complexity index is 310. The van der Waals surface area contributed by atoms with Gasteiger partial charge in [-0.3, -0.25) is 0 Å². The van der Waals surface area contributed by atoms with Gasteiger partial charge in [0, 0.05) is 13.0 Å². The number of pyridine rings is 1. The van der Waals surface area contributed by atoms with Gasteiger partial charge in [0.15, 0.2) is 0 Å². The topological polar surface area (TPSA) is 42.4 Å². The van der Waals surface area contributed by atoms with Gasteiger partial charge in [-0.1, -0.05) is 6.07 Å². The average molecular weight is 244 g/mol. The van der Waals surface area contributed by atoms with Crippen LogP contribution in [0, 0.1) is 0 Å². The van der Waals surface area contributed by atoms with Crippen molar-refractivity contribution >= 4 is 15.9 Å². The van der Waals surface area contributed by atoms with Crippen molar-refractivity contribution in [3.63, 3.8) is 0 Å². The summed E-state index contributed by atoms with van der Waals surface area (Å²) in [5, 5.41) is 10.1. The zero-order valence-electron chi connectivity index (χ0n) is 7.03. The number of aromatic nitrogens is 1. The summed E-state index contributed by atoms with van der Waals surface area (Å²) in [7, 11) is 0. The number of ether oxygens (including phenoxy) is 1. The van der Waals surface area contributed by atoms with Crippen molar-refractivity contribution in [2.45, 2.75) is 12.0 Å². The van der Waals surface area contributed by atoms with E-state index in [9.17, 15) is 5.11 Å². The van der Waals surface area contributed by atoms with Crippen molar-refractivity contribution in [3.8, 4) is 0 Å². The molecule has 1 fully saturated rings. The van der Waals surface area contributed by atoms with Crippen molar-refractivity contribution in [1.29, 1.82) is 0 Å². The van der Waals surface area contributed by atoms with Gasteiger partial charge < -0.3 is 9.84 Å². The summed E-state index contributed by atoms with van der Waals surface area (Å²) >= 11 is 3.27. The Balaban J connectivity index is 2.33. The summed E-state index contributed by atoms with van der Waals surface area (Å²) in [5.74, 6) is 0. The van der Waals surface area contributed by atoms with Crippen LogP contribution in [0.1, 0.15) is 12.1 Å². The Kier molecular flexibility index (Phi) is 2.36. The molecule has 70 valence electrons. The second kappa shape index (κ2) is 3.36. The zero-order valence-corrected chi connectivity index (χ0v) is 8.62. The van der Waals surface area contributed by atoms with E-state index in [1.54, 1.807) is 0 Å². The maximum Gasteiger partial charge on any atom is 0.132 e. The summed E-state index contributed by atoms with van der Waals surface area (Å²) < 4.78 is 5.89. The average Bonchev–Trinajstić information content (AvgIpc) is 2.54. The van der Waals surface area contributed by atoms with Crippen LogP contribution >= 0.6 is 15.9 Å². The van der Waals surface area contributed by atoms with Crippen LogP contribution in [0.3, 0.4) is 0 Å². The van der Waals surface area contributed by atoms with Crippen LogP contribution in [0.15, 0.2) is 22.8 Å². The van der Waals surface area contributed by atoms with E-state index in [1.165, 1.54) is 0 Å². The van der Waals surface area contributed by atoms with Gasteiger partial charge in [-0.25, -0.2) is 4.98 Å². The van der Waals surface area contributed by atoms with Gasteiger partial charge >= 0.3 is 0 Å². The lowest BCUT2D eigenvalue weighted by molar-refractivity contribution is 0.0193. The molecule has 2 rings (SSSR count). The minimum atomic E-state index is -0.885. The van der Waals surface area contributed by atoms with Crippen LogP contribution in [0.5, 0.6) is 0 Å². The first-order valence-electron chi connectivity index (χ1n) is 4.14. The van der Waals surface area contributed by atoms with Gasteiger partial charge in [-0.05, 0) is 28.1 Å². The van der Waals surface area contributed by atoms with E-state index in [1.807, 2.05) is 18.2 Å². The Hall–Kier alpha value is -0.450. The van der Waals surface area contributed by atoms with Crippen LogP contribution < -0.4 is 0 Å². The molecule has 0 aromatic carbocycles. The summed E-state index contributed by atoms with van der Waals surface area (Å²) in [6.07, 6.45) is 0.621. The predicted molar refractivity (Wildman–Crippen MR) is 51.3 cm³/mol. The monoisotopic (exact) mass is 243 g/mol. The number of hydrogen-bond donors (Lipinski definition) is 1. The second-order valence-electron chi connectivity index (χ2n) is 3.18. The number of nitrogens with zero attached hydrogens (tertiary/aromatic N) is 1. The molecule has 0 aliphatic carbocycles. The van der Waals surface area contributed by atoms with E-state index in [0.29, 0.717) is 25.3 Å². The minimum absolute atomic E-state index is 0.344. The molecular weight excluding hydrogens is 234 g/mol. The normalized spacial score (nSPS) is 27.8. The highest BCUT2D eigenvalue weighted by Crippen LogP contribution is 2.29. The lowest BCUT2D eigenvalue weighted by Crippen LogP contribution is -2.26. The highest BCUT2D eigenvalue weighted by Gasteiger charge is 2.35. The Morgan fingerprint density at radius 1 is 1.54 bits per heavy atom. The molecule has 1 aliphatic rings. The molecule has 0 amide bonds. The standard InChI is InChI=1S/C9H10BrNO2/c10-8-3-1-2-7(11-8)9(12)4-5-13-6-9/h1-3,12H,4-6H2. The molecule has 4 heteroatoms. The zero-order chi connectivity index (χ0) is 9.31. The van der Waals surface area contributed by atoms with Crippen molar-refractivity contribution in [1.82, 2.24) is 4.98 Å². The molecule has 0 saturated carbocycles. The Morgan fingerprint density at radius 2 is 2.38 bits per heavy atom. The molecule has 3 nitrogen and oxygen atoms in total. The molecule has 0 spiro atoms. The lowest BCUT2D eigenvalue weighted by atomic mass is 9.99. The van der Waals surface area contributed by atoms with E-state index in [4.69, 9.17) is 4.74 Å². The Labute approximate surface area is 84.9 Å². The number of rotatable bonds is 1. The third-order valence-electron chi connectivity index (χ3n) is 2.19. The van der Waals surface area contributed by atoms with Crippen molar-refractivity contribution < 1.29 is 9.84 Å². The second-order valence-corrected chi connectivity index (χ2v) is 3.99. The number of aliphatic hydroxyl groups is 1. The first kappa shape index (κ1) is 9.12. The first-order chi connectivity index (χ1) is 6.21. The molecule has 0 radical (unpaired) electrons. The van der Waals surface area contributed by atoms with Crippen molar-refractivity contribution in [2.24, 2.45) is 0 Å². The number of hydrogen-bond acceptors (Lipinski definition) is 3. The third kappa shape index (κ3) is 1.75. The van der Waals surface area contributed by atoms with E-state index in [0.717, 1.165) is 4.60 Å². The van der Waals surface area contributed by atoms with Crippen LogP contribution in [-0.2, 0) is 10.3 Å². The molecule has 0 bridgehead atoms. The van der Waals surface area contributed by atoms with Crippen molar-refractivity contribution in [3.05, 3.63) is 28.5 Å². The van der Waals surface area contributed by atoms with E-state index >= 15 is 0 Å². The van der Waals surface area contributed by atoms with E-state index in [-0.39, 0.29) is 0 Å². The van der Waals surface area contributed by atoms with Crippen molar-refractivity contribution in [2.75, 3.05) is 13.2 Å². The van der Waals surface area contributed by atoms with Gasteiger partial charge in [0.05, 0.1) is 12.3 Å². The fraction of sp³-hybridized carbons (Fsp3) is 0.444. The fourth-order valence-corrected chi connectivity index (χ4v) is 1.77. The molecule has 13 heavy (non-hydrogen) atoms. The molecule has 2 heterocycles. The maximum atomic E-state index is 10.1. The molecule has 1 aromatic rings. The molecule has 1 saturated heterocycles. The van der Waals surface area contributed by atoms with Crippen LogP contribution in [0.2, 0.25) is 0 Å². The van der Waals surface area contributed by atoms with Crippen LogP contribution in [0.4, 0.5) is 0 Å². The molecule has 1 N–H and O–H groups in total. The van der Waals surface area contributed by atoms with Gasteiger partial charge in [0.1, 0.15) is 10.2 Å². The smallest absolute Gasteiger partial charge is 0.132 e. The van der Waals surface area contributed by atoms with E-state index in [2.05, 4.69) is 20.9 Å². The SMILES string of the molecule is OC1(c2cccc(Br)n2)CCOC1. The summed E-state index contributed by atoms with van der Waals surface area (Å²) in [6, 6.07) is 5.52. The van der Waals surface area contributed by atoms with Gasteiger partial charge in [-0.15, -0.1) is 0 Å². The minimum Gasteiger partial charge on any atom is -0.381 e. The third-order valence-corrected chi connectivity index (χ3v) is 2.63. The summed E-state index contributed by atoms with van der Waals surface area (Å²) in [4.78, 5) is 4.21.